The number of nitro groups is 1. The normalized spacial score (nSPS) is 26.6. The van der Waals surface area contributed by atoms with Gasteiger partial charge >= 0.3 is 0 Å². The molecule has 3 aliphatic heterocycles. The van der Waals surface area contributed by atoms with Gasteiger partial charge in [-0.1, -0.05) is 59.7 Å². The van der Waals surface area contributed by atoms with E-state index >= 15 is 0 Å². The molecule has 36 heavy (non-hydrogen) atoms. The summed E-state index contributed by atoms with van der Waals surface area (Å²) in [6.45, 7) is 3.97. The lowest BCUT2D eigenvalue weighted by atomic mass is 9.69. The molecule has 0 radical (unpaired) electrons. The monoisotopic (exact) mass is 499 g/mol. The van der Waals surface area contributed by atoms with Crippen LogP contribution in [0.15, 0.2) is 66.7 Å². The number of carbonyl (C=O) groups is 2. The van der Waals surface area contributed by atoms with Crippen molar-refractivity contribution in [2.75, 3.05) is 16.9 Å². The maximum absolute atomic E-state index is 14.4. The second-order valence-electron chi connectivity index (χ2n) is 9.89. The second-order valence-corrected chi connectivity index (χ2v) is 10.9. The van der Waals surface area contributed by atoms with Crippen LogP contribution in [-0.2, 0) is 10.3 Å². The highest BCUT2D eigenvalue weighted by Gasteiger charge is 2.69. The molecule has 3 aromatic carbocycles. The smallest absolute Gasteiger partial charge is 0.269 e. The Bertz CT molecular complexity index is 1410. The molecule has 3 aromatic rings. The zero-order valence-electron chi connectivity index (χ0n) is 19.9. The van der Waals surface area contributed by atoms with Gasteiger partial charge in [0.05, 0.1) is 10.8 Å². The van der Waals surface area contributed by atoms with Crippen molar-refractivity contribution in [2.45, 2.75) is 31.3 Å². The van der Waals surface area contributed by atoms with Crippen LogP contribution in [0.25, 0.3) is 0 Å². The van der Waals surface area contributed by atoms with Crippen LogP contribution >= 0.6 is 11.8 Å². The number of Topliss-reactive ketones (excluding diaryl/α,β-unsaturated/α-hetero) is 1. The number of amides is 1. The number of hydrogen-bond donors (Lipinski definition) is 1. The maximum Gasteiger partial charge on any atom is 0.269 e. The van der Waals surface area contributed by atoms with Gasteiger partial charge in [0.15, 0.2) is 5.78 Å². The summed E-state index contributed by atoms with van der Waals surface area (Å²) >= 11 is 1.75. The first kappa shape index (κ1) is 22.9. The topological polar surface area (TPSA) is 92.5 Å². The van der Waals surface area contributed by atoms with Crippen molar-refractivity contribution >= 4 is 34.8 Å². The summed E-state index contributed by atoms with van der Waals surface area (Å²) in [6, 6.07) is 19.8. The number of nitro benzene ring substituents is 1. The average Bonchev–Trinajstić information content (AvgIpc) is 3.52. The van der Waals surface area contributed by atoms with E-state index in [2.05, 4.69) is 10.2 Å². The highest BCUT2D eigenvalue weighted by Crippen LogP contribution is 2.61. The molecule has 1 spiro atoms. The Morgan fingerprint density at radius 1 is 1.06 bits per heavy atom. The van der Waals surface area contributed by atoms with Crippen LogP contribution in [0.3, 0.4) is 0 Å². The molecule has 2 fully saturated rings. The molecule has 0 saturated carbocycles. The number of aryl methyl sites for hydroxylation is 2. The number of fused-ring (bicyclic) bond motifs is 4. The van der Waals surface area contributed by atoms with Crippen LogP contribution in [0.2, 0.25) is 0 Å². The van der Waals surface area contributed by atoms with E-state index in [0.717, 1.165) is 33.7 Å². The van der Waals surface area contributed by atoms with Gasteiger partial charge < -0.3 is 5.32 Å². The minimum Gasteiger partial charge on any atom is -0.324 e. The number of benzene rings is 3. The number of nitrogens with zero attached hydrogens (tertiary/aromatic N) is 2. The predicted molar refractivity (Wildman–Crippen MR) is 139 cm³/mol. The first-order chi connectivity index (χ1) is 17.3. The lowest BCUT2D eigenvalue weighted by molar-refractivity contribution is -0.384. The van der Waals surface area contributed by atoms with E-state index in [0.29, 0.717) is 11.4 Å². The molecule has 0 aliphatic carbocycles. The molecule has 3 aliphatic rings. The Balaban J connectivity index is 1.59. The van der Waals surface area contributed by atoms with Crippen LogP contribution in [-0.4, -0.2) is 39.2 Å². The van der Waals surface area contributed by atoms with Gasteiger partial charge in [0.25, 0.3) is 5.69 Å². The molecule has 6 rings (SSSR count). The average molecular weight is 500 g/mol. The predicted octanol–water partition coefficient (Wildman–Crippen LogP) is 5.03. The van der Waals surface area contributed by atoms with Crippen molar-refractivity contribution in [3.05, 3.63) is 105 Å². The Morgan fingerprint density at radius 2 is 1.75 bits per heavy atom. The third-order valence-corrected chi connectivity index (χ3v) is 8.92. The molecule has 0 aromatic heterocycles. The molecule has 0 unspecified atom stereocenters. The van der Waals surface area contributed by atoms with Gasteiger partial charge in [0.2, 0.25) is 5.91 Å². The van der Waals surface area contributed by atoms with E-state index in [-0.39, 0.29) is 29.3 Å². The summed E-state index contributed by atoms with van der Waals surface area (Å²) in [5.74, 6) is 0.164. The maximum atomic E-state index is 14.4. The third kappa shape index (κ3) is 3.17. The minimum absolute atomic E-state index is 0.00473. The second kappa shape index (κ2) is 8.28. The lowest BCUT2D eigenvalue weighted by Gasteiger charge is -2.36. The van der Waals surface area contributed by atoms with Gasteiger partial charge in [-0.15, -0.1) is 11.8 Å². The fraction of sp³-hybridized carbons (Fsp3) is 0.286. The molecule has 1 N–H and O–H groups in total. The molecule has 8 heteroatoms. The summed E-state index contributed by atoms with van der Waals surface area (Å²) in [4.78, 5) is 41.5. The Kier molecular flexibility index (Phi) is 5.28. The number of nitrogens with one attached hydrogen (secondary N) is 1. The zero-order valence-corrected chi connectivity index (χ0v) is 20.7. The van der Waals surface area contributed by atoms with Crippen molar-refractivity contribution in [3.63, 3.8) is 0 Å². The van der Waals surface area contributed by atoms with Gasteiger partial charge in [0.1, 0.15) is 5.54 Å². The fourth-order valence-corrected chi connectivity index (χ4v) is 7.60. The Hall–Kier alpha value is -3.49. The summed E-state index contributed by atoms with van der Waals surface area (Å²) in [6.07, 6.45) is 0. The first-order valence-corrected chi connectivity index (χ1v) is 13.1. The summed E-state index contributed by atoms with van der Waals surface area (Å²) in [7, 11) is 0. The number of hydrogen-bond acceptors (Lipinski definition) is 6. The van der Waals surface area contributed by atoms with E-state index in [1.54, 1.807) is 23.9 Å². The number of carbonyl (C=O) groups excluding carboxylic acids is 2. The molecule has 0 bridgehead atoms. The summed E-state index contributed by atoms with van der Waals surface area (Å²) in [5.41, 5.74) is 3.93. The van der Waals surface area contributed by atoms with Crippen LogP contribution in [0.1, 0.15) is 38.5 Å². The standard InChI is InChI=1S/C28H25N3O4S/c1-16-3-6-19(7-4-16)26(32)25-24(18-8-10-20(11-9-18)31(34)35)23-14-36-15-30(23)28(25)21-13-17(2)5-12-22(21)29-27(28)33/h3-13,23-25H,14-15H2,1-2H3,(H,29,33)/t23-,24-,25+,28+/m0/s1. The van der Waals surface area contributed by atoms with E-state index in [1.807, 2.05) is 56.3 Å². The van der Waals surface area contributed by atoms with Gasteiger partial charge in [-0.05, 0) is 25.5 Å². The van der Waals surface area contributed by atoms with E-state index in [1.165, 1.54) is 12.1 Å². The summed E-state index contributed by atoms with van der Waals surface area (Å²) < 4.78 is 0. The van der Waals surface area contributed by atoms with Gasteiger partial charge in [-0.25, -0.2) is 0 Å². The van der Waals surface area contributed by atoms with Gasteiger partial charge in [-0.3, -0.25) is 24.6 Å². The number of non-ortho nitro benzene ring substituents is 1. The van der Waals surface area contributed by atoms with Crippen LogP contribution in [0.4, 0.5) is 11.4 Å². The third-order valence-electron chi connectivity index (χ3n) is 7.88. The lowest BCUT2D eigenvalue weighted by Crippen LogP contribution is -2.52. The highest BCUT2D eigenvalue weighted by molar-refractivity contribution is 7.99. The molecular weight excluding hydrogens is 474 g/mol. The highest BCUT2D eigenvalue weighted by atomic mass is 32.2. The zero-order chi connectivity index (χ0) is 25.2. The van der Waals surface area contributed by atoms with Crippen molar-refractivity contribution in [3.8, 4) is 0 Å². The molecular formula is C28H25N3O4S. The number of ketones is 1. The van der Waals surface area contributed by atoms with E-state index in [4.69, 9.17) is 0 Å². The van der Waals surface area contributed by atoms with Crippen LogP contribution in [0.5, 0.6) is 0 Å². The van der Waals surface area contributed by atoms with Gasteiger partial charge in [0, 0.05) is 52.5 Å². The fourth-order valence-electron chi connectivity index (χ4n) is 6.28. The van der Waals surface area contributed by atoms with E-state index in [9.17, 15) is 19.7 Å². The summed E-state index contributed by atoms with van der Waals surface area (Å²) in [5, 5.41) is 14.4. The Labute approximate surface area is 213 Å². The van der Waals surface area contributed by atoms with Crippen LogP contribution < -0.4 is 5.32 Å². The van der Waals surface area contributed by atoms with Crippen LogP contribution in [0, 0.1) is 29.9 Å². The molecule has 7 nitrogen and oxygen atoms in total. The van der Waals surface area contributed by atoms with Crippen molar-refractivity contribution < 1.29 is 14.5 Å². The first-order valence-electron chi connectivity index (χ1n) is 11.9. The number of thioether (sulfide) groups is 1. The van der Waals surface area contributed by atoms with Crippen molar-refractivity contribution in [1.29, 1.82) is 0 Å². The minimum atomic E-state index is -1.15. The largest absolute Gasteiger partial charge is 0.324 e. The number of rotatable bonds is 4. The van der Waals surface area contributed by atoms with Gasteiger partial charge in [-0.2, -0.15) is 0 Å². The quantitative estimate of drug-likeness (QED) is 0.308. The molecule has 4 atom stereocenters. The van der Waals surface area contributed by atoms with Crippen molar-refractivity contribution in [1.82, 2.24) is 4.90 Å². The van der Waals surface area contributed by atoms with Crippen molar-refractivity contribution in [2.24, 2.45) is 5.92 Å². The Morgan fingerprint density at radius 3 is 2.44 bits per heavy atom. The molecule has 182 valence electrons. The number of anilines is 1. The SMILES string of the molecule is Cc1ccc(C(=O)[C@H]2[C@@H](c3ccc([N+](=O)[O-])cc3)[C@@H]3CSCN3[C@@]23C(=O)Nc2ccc(C)cc23)cc1. The molecule has 1 amide bonds. The van der Waals surface area contributed by atoms with E-state index < -0.39 is 16.4 Å². The molecule has 2 saturated heterocycles. The molecule has 3 heterocycles.